The molecule has 3 unspecified atom stereocenters. The van der Waals surface area contributed by atoms with E-state index in [-0.39, 0.29) is 36.7 Å². The fraction of sp³-hybridized carbons (Fsp3) is 0.394. The average molecular weight is 577 g/mol. The molecule has 2 amide bonds. The van der Waals surface area contributed by atoms with Gasteiger partial charge in [-0.15, -0.1) is 0 Å². The van der Waals surface area contributed by atoms with Crippen LogP contribution in [-0.2, 0) is 28.8 Å². The predicted molar refractivity (Wildman–Crippen MR) is 158 cm³/mol. The number of rotatable bonds is 10. The summed E-state index contributed by atoms with van der Waals surface area (Å²) in [6.07, 6.45) is -1.72. The first kappa shape index (κ1) is 30.9. The van der Waals surface area contributed by atoms with Gasteiger partial charge in [0.25, 0.3) is 0 Å². The molecule has 0 heterocycles. The van der Waals surface area contributed by atoms with E-state index in [0.717, 1.165) is 22.3 Å². The molecule has 3 aromatic carbocycles. The molecule has 1 aliphatic rings. The molecule has 0 bridgehead atoms. The van der Waals surface area contributed by atoms with Gasteiger partial charge in [-0.2, -0.15) is 0 Å². The van der Waals surface area contributed by atoms with Gasteiger partial charge in [0.05, 0.1) is 24.3 Å². The van der Waals surface area contributed by atoms with Crippen LogP contribution in [0.3, 0.4) is 0 Å². The van der Waals surface area contributed by atoms with E-state index in [1.54, 1.807) is 45.0 Å². The Bertz CT molecular complexity index is 1350. The van der Waals surface area contributed by atoms with Gasteiger partial charge < -0.3 is 35.8 Å². The Labute approximate surface area is 246 Å². The van der Waals surface area contributed by atoms with E-state index in [4.69, 9.17) is 4.74 Å². The van der Waals surface area contributed by atoms with Crippen LogP contribution in [0.25, 0.3) is 0 Å². The maximum atomic E-state index is 13.8. The summed E-state index contributed by atoms with van der Waals surface area (Å²) in [4.78, 5) is 26.5. The van der Waals surface area contributed by atoms with Crippen LogP contribution in [0.4, 0.5) is 4.79 Å². The van der Waals surface area contributed by atoms with Crippen molar-refractivity contribution in [1.29, 1.82) is 0 Å². The standard InChI is InChI=1S/C33H40N2O7/c1-33(2,3)42-32(41)34-27(17-21-10-14-25(37)15-11-21)28(38)19-23(16-20-8-12-24(36)13-9-20)31(40)35-30-26-7-5-4-6-22(26)18-29(30)39/h4-15,23,27-30,36-39H,16-19H2,1-3H3,(H,34,41)(H,35,40)/t23?,27?,28?,29-,30-/m0/s1. The number of fused-ring (bicyclic) bond motifs is 1. The number of aliphatic hydroxyl groups excluding tert-OH is 2. The number of phenols is 2. The molecule has 224 valence electrons. The van der Waals surface area contributed by atoms with Crippen molar-refractivity contribution in [3.05, 3.63) is 95.1 Å². The highest BCUT2D eigenvalue weighted by atomic mass is 16.6. The Morgan fingerprint density at radius 3 is 2.07 bits per heavy atom. The number of amides is 2. The minimum atomic E-state index is -1.15. The van der Waals surface area contributed by atoms with Gasteiger partial charge in [0, 0.05) is 12.3 Å². The largest absolute Gasteiger partial charge is 0.508 e. The summed E-state index contributed by atoms with van der Waals surface area (Å²) in [7, 11) is 0. The van der Waals surface area contributed by atoms with Crippen molar-refractivity contribution in [2.45, 2.75) is 76.3 Å². The number of hydrogen-bond acceptors (Lipinski definition) is 7. The minimum Gasteiger partial charge on any atom is -0.508 e. The molecular formula is C33H40N2O7. The number of carbonyl (C=O) groups is 2. The molecule has 5 atom stereocenters. The highest BCUT2D eigenvalue weighted by molar-refractivity contribution is 5.80. The van der Waals surface area contributed by atoms with E-state index in [1.807, 2.05) is 24.3 Å². The number of ether oxygens (including phenoxy) is 1. The first-order chi connectivity index (χ1) is 19.9. The Morgan fingerprint density at radius 2 is 1.48 bits per heavy atom. The number of aliphatic hydroxyl groups is 2. The van der Waals surface area contributed by atoms with Crippen LogP contribution < -0.4 is 10.6 Å². The molecule has 0 aromatic heterocycles. The van der Waals surface area contributed by atoms with Crippen molar-refractivity contribution in [3.63, 3.8) is 0 Å². The van der Waals surface area contributed by atoms with Crippen LogP contribution in [-0.4, -0.2) is 56.3 Å². The Morgan fingerprint density at radius 1 is 0.905 bits per heavy atom. The third-order valence-electron chi connectivity index (χ3n) is 7.38. The van der Waals surface area contributed by atoms with E-state index < -0.39 is 41.9 Å². The number of carbonyl (C=O) groups excluding carboxylic acids is 2. The molecule has 42 heavy (non-hydrogen) atoms. The summed E-state index contributed by atoms with van der Waals surface area (Å²) in [5.74, 6) is -0.881. The maximum absolute atomic E-state index is 13.8. The quantitative estimate of drug-likeness (QED) is 0.214. The van der Waals surface area contributed by atoms with Crippen LogP contribution >= 0.6 is 0 Å². The summed E-state index contributed by atoms with van der Waals surface area (Å²) >= 11 is 0. The van der Waals surface area contributed by atoms with Crippen molar-refractivity contribution in [2.24, 2.45) is 5.92 Å². The fourth-order valence-electron chi connectivity index (χ4n) is 5.30. The maximum Gasteiger partial charge on any atom is 0.407 e. The predicted octanol–water partition coefficient (Wildman–Crippen LogP) is 3.92. The molecule has 0 fully saturated rings. The van der Waals surface area contributed by atoms with Crippen molar-refractivity contribution in [1.82, 2.24) is 10.6 Å². The van der Waals surface area contributed by atoms with Gasteiger partial charge >= 0.3 is 6.09 Å². The van der Waals surface area contributed by atoms with Gasteiger partial charge in [-0.3, -0.25) is 4.79 Å². The van der Waals surface area contributed by atoms with Crippen LogP contribution in [0.1, 0.15) is 55.5 Å². The Hall–Kier alpha value is -4.08. The molecule has 0 spiro atoms. The Kier molecular flexibility index (Phi) is 9.75. The van der Waals surface area contributed by atoms with Gasteiger partial charge in [-0.05, 0) is 86.6 Å². The normalized spacial score (nSPS) is 18.4. The Balaban J connectivity index is 1.57. The summed E-state index contributed by atoms with van der Waals surface area (Å²) in [5, 5.41) is 47.4. The summed E-state index contributed by atoms with van der Waals surface area (Å²) in [6.45, 7) is 5.23. The van der Waals surface area contributed by atoms with Crippen LogP contribution in [0.15, 0.2) is 72.8 Å². The molecule has 0 saturated heterocycles. The highest BCUT2D eigenvalue weighted by Gasteiger charge is 2.35. The number of alkyl carbamates (subject to hydrolysis) is 1. The third kappa shape index (κ3) is 8.47. The zero-order valence-electron chi connectivity index (χ0n) is 24.2. The number of hydrogen-bond donors (Lipinski definition) is 6. The number of aromatic hydroxyl groups is 2. The summed E-state index contributed by atoms with van der Waals surface area (Å²) in [5.41, 5.74) is 2.62. The number of nitrogens with one attached hydrogen (secondary N) is 2. The molecule has 0 saturated carbocycles. The highest BCUT2D eigenvalue weighted by Crippen LogP contribution is 2.32. The van der Waals surface area contributed by atoms with E-state index in [2.05, 4.69) is 10.6 Å². The summed E-state index contributed by atoms with van der Waals surface area (Å²) < 4.78 is 5.44. The lowest BCUT2D eigenvalue weighted by molar-refractivity contribution is -0.127. The van der Waals surface area contributed by atoms with E-state index in [1.165, 1.54) is 24.3 Å². The first-order valence-corrected chi connectivity index (χ1v) is 14.2. The molecule has 9 heteroatoms. The zero-order chi connectivity index (χ0) is 30.4. The monoisotopic (exact) mass is 576 g/mol. The molecule has 6 N–H and O–H groups in total. The van der Waals surface area contributed by atoms with Crippen molar-refractivity contribution in [3.8, 4) is 11.5 Å². The lowest BCUT2D eigenvalue weighted by Gasteiger charge is -2.29. The topological polar surface area (TPSA) is 148 Å². The summed E-state index contributed by atoms with van der Waals surface area (Å²) in [6, 6.07) is 19.1. The van der Waals surface area contributed by atoms with Crippen molar-refractivity contribution >= 4 is 12.0 Å². The molecule has 0 aliphatic heterocycles. The molecular weight excluding hydrogens is 536 g/mol. The molecule has 3 aromatic rings. The second kappa shape index (κ2) is 13.3. The number of phenolic OH excluding ortho intramolecular Hbond substituents is 2. The van der Waals surface area contributed by atoms with Gasteiger partial charge in [0.2, 0.25) is 5.91 Å². The van der Waals surface area contributed by atoms with Crippen LogP contribution in [0, 0.1) is 5.92 Å². The van der Waals surface area contributed by atoms with E-state index in [9.17, 15) is 30.0 Å². The van der Waals surface area contributed by atoms with Gasteiger partial charge in [-0.1, -0.05) is 48.5 Å². The second-order valence-electron chi connectivity index (χ2n) is 12.0. The third-order valence-corrected chi connectivity index (χ3v) is 7.38. The molecule has 4 rings (SSSR count). The van der Waals surface area contributed by atoms with Gasteiger partial charge in [0.15, 0.2) is 0 Å². The fourth-order valence-corrected chi connectivity index (χ4v) is 5.30. The molecule has 0 radical (unpaired) electrons. The molecule has 9 nitrogen and oxygen atoms in total. The zero-order valence-corrected chi connectivity index (χ0v) is 24.2. The van der Waals surface area contributed by atoms with Crippen molar-refractivity contribution in [2.75, 3.05) is 0 Å². The lowest BCUT2D eigenvalue weighted by atomic mass is 9.88. The SMILES string of the molecule is CC(C)(C)OC(=O)NC(Cc1ccc(O)cc1)C(O)CC(Cc1ccc(O)cc1)C(=O)N[C@H]1c2ccccc2C[C@@H]1O. The molecule has 1 aliphatic carbocycles. The number of benzene rings is 3. The second-order valence-corrected chi connectivity index (χ2v) is 12.0. The van der Waals surface area contributed by atoms with E-state index >= 15 is 0 Å². The van der Waals surface area contributed by atoms with Crippen molar-refractivity contribution < 1.29 is 34.8 Å². The first-order valence-electron chi connectivity index (χ1n) is 14.2. The van der Waals surface area contributed by atoms with Gasteiger partial charge in [0.1, 0.15) is 17.1 Å². The van der Waals surface area contributed by atoms with Crippen LogP contribution in [0.2, 0.25) is 0 Å². The smallest absolute Gasteiger partial charge is 0.407 e. The average Bonchev–Trinajstić information content (AvgIpc) is 3.23. The van der Waals surface area contributed by atoms with Crippen LogP contribution in [0.5, 0.6) is 11.5 Å². The van der Waals surface area contributed by atoms with Gasteiger partial charge in [-0.25, -0.2) is 4.79 Å². The minimum absolute atomic E-state index is 0.00425. The lowest BCUT2D eigenvalue weighted by Crippen LogP contribution is -2.48. The van der Waals surface area contributed by atoms with E-state index in [0.29, 0.717) is 6.42 Å².